The molecule has 0 saturated heterocycles. The van der Waals surface area contributed by atoms with Crippen molar-refractivity contribution in [3.63, 3.8) is 0 Å². The summed E-state index contributed by atoms with van der Waals surface area (Å²) < 4.78 is 1.97. The number of carbonyl (C=O) groups excluding carboxylic acids is 2. The number of anilines is 2. The lowest BCUT2D eigenvalue weighted by Crippen LogP contribution is -2.26. The first kappa shape index (κ1) is 26.0. The summed E-state index contributed by atoms with van der Waals surface area (Å²) >= 11 is 1.39. The topological polar surface area (TPSA) is 106 Å². The SMILES string of the molecule is CN(C(=O)c1ccccc1)c1ccc2c(c1)nc(NC(=O)c1csc(-c3ccncc3)n1)n2CCc1cccnc1. The van der Waals surface area contributed by atoms with Crippen LogP contribution in [0.5, 0.6) is 0 Å². The van der Waals surface area contributed by atoms with Gasteiger partial charge >= 0.3 is 0 Å². The van der Waals surface area contributed by atoms with Gasteiger partial charge in [-0.15, -0.1) is 11.3 Å². The molecule has 41 heavy (non-hydrogen) atoms. The molecule has 0 atom stereocenters. The lowest BCUT2D eigenvalue weighted by Gasteiger charge is -2.17. The number of nitrogens with zero attached hydrogens (tertiary/aromatic N) is 6. The molecule has 4 aromatic heterocycles. The number of hydrogen-bond acceptors (Lipinski definition) is 7. The van der Waals surface area contributed by atoms with Crippen LogP contribution in [0.2, 0.25) is 0 Å². The molecule has 1 N–H and O–H groups in total. The van der Waals surface area contributed by atoms with Gasteiger partial charge in [0.25, 0.3) is 11.8 Å². The summed E-state index contributed by atoms with van der Waals surface area (Å²) in [6.45, 7) is 0.565. The first-order valence-corrected chi connectivity index (χ1v) is 13.8. The Hall–Kier alpha value is -5.22. The molecule has 0 saturated carbocycles. The summed E-state index contributed by atoms with van der Waals surface area (Å²) in [5, 5.41) is 5.43. The molecule has 0 fully saturated rings. The highest BCUT2D eigenvalue weighted by atomic mass is 32.1. The fourth-order valence-electron chi connectivity index (χ4n) is 4.50. The van der Waals surface area contributed by atoms with Crippen molar-refractivity contribution in [2.75, 3.05) is 17.3 Å². The quantitative estimate of drug-likeness (QED) is 0.256. The van der Waals surface area contributed by atoms with E-state index in [-0.39, 0.29) is 11.8 Å². The van der Waals surface area contributed by atoms with Crippen molar-refractivity contribution in [1.29, 1.82) is 0 Å². The van der Waals surface area contributed by atoms with Crippen LogP contribution in [0.25, 0.3) is 21.6 Å². The molecule has 0 spiro atoms. The van der Waals surface area contributed by atoms with E-state index in [0.717, 1.165) is 21.7 Å². The van der Waals surface area contributed by atoms with Gasteiger partial charge in [0, 0.05) is 60.6 Å². The molecule has 0 aliphatic carbocycles. The molecule has 0 aliphatic heterocycles. The molecule has 9 nitrogen and oxygen atoms in total. The van der Waals surface area contributed by atoms with E-state index in [0.29, 0.717) is 41.4 Å². The van der Waals surface area contributed by atoms with Crippen molar-refractivity contribution < 1.29 is 9.59 Å². The van der Waals surface area contributed by atoms with Gasteiger partial charge in [0.15, 0.2) is 0 Å². The van der Waals surface area contributed by atoms with Crippen molar-refractivity contribution in [2.45, 2.75) is 13.0 Å². The minimum atomic E-state index is -0.351. The van der Waals surface area contributed by atoms with E-state index in [1.54, 1.807) is 48.1 Å². The Kier molecular flexibility index (Phi) is 7.29. The molecule has 10 heteroatoms. The van der Waals surface area contributed by atoms with Crippen LogP contribution in [0.3, 0.4) is 0 Å². The van der Waals surface area contributed by atoms with Crippen molar-refractivity contribution in [3.8, 4) is 10.6 Å². The number of amides is 2. The number of nitrogens with one attached hydrogen (secondary N) is 1. The summed E-state index contributed by atoms with van der Waals surface area (Å²) in [5.74, 6) is -0.0688. The van der Waals surface area contributed by atoms with Gasteiger partial charge in [0.2, 0.25) is 5.95 Å². The van der Waals surface area contributed by atoms with Crippen molar-refractivity contribution in [2.24, 2.45) is 0 Å². The number of hydrogen-bond donors (Lipinski definition) is 1. The van der Waals surface area contributed by atoms with Crippen LogP contribution >= 0.6 is 11.3 Å². The zero-order chi connectivity index (χ0) is 28.2. The Morgan fingerprint density at radius 2 is 1.76 bits per heavy atom. The molecule has 0 radical (unpaired) electrons. The van der Waals surface area contributed by atoms with E-state index in [1.807, 2.05) is 71.4 Å². The number of fused-ring (bicyclic) bond motifs is 1. The molecule has 0 aliphatic rings. The first-order chi connectivity index (χ1) is 20.1. The monoisotopic (exact) mass is 559 g/mol. The highest BCUT2D eigenvalue weighted by Crippen LogP contribution is 2.27. The van der Waals surface area contributed by atoms with Crippen molar-refractivity contribution in [3.05, 3.63) is 120 Å². The Morgan fingerprint density at radius 1 is 0.927 bits per heavy atom. The predicted octanol–water partition coefficient (Wildman–Crippen LogP) is 5.72. The number of benzene rings is 2. The second kappa shape index (κ2) is 11.5. The Balaban J connectivity index is 1.31. The summed E-state index contributed by atoms with van der Waals surface area (Å²) in [4.78, 5) is 45.5. The van der Waals surface area contributed by atoms with Gasteiger partial charge in [-0.2, -0.15) is 0 Å². The molecule has 202 valence electrons. The van der Waals surface area contributed by atoms with Crippen LogP contribution in [0.4, 0.5) is 11.6 Å². The molecular weight excluding hydrogens is 534 g/mol. The zero-order valence-electron chi connectivity index (χ0n) is 22.1. The van der Waals surface area contributed by atoms with Crippen molar-refractivity contribution in [1.82, 2.24) is 24.5 Å². The zero-order valence-corrected chi connectivity index (χ0v) is 23.0. The fourth-order valence-corrected chi connectivity index (χ4v) is 5.30. The summed E-state index contributed by atoms with van der Waals surface area (Å²) in [6, 6.07) is 22.4. The van der Waals surface area contributed by atoms with Gasteiger partial charge in [-0.05, 0) is 60.5 Å². The van der Waals surface area contributed by atoms with Crippen LogP contribution < -0.4 is 10.2 Å². The third-order valence-electron chi connectivity index (χ3n) is 6.68. The van der Waals surface area contributed by atoms with Crippen LogP contribution in [0.1, 0.15) is 26.4 Å². The second-order valence-electron chi connectivity index (χ2n) is 9.33. The van der Waals surface area contributed by atoms with E-state index in [2.05, 4.69) is 20.3 Å². The third kappa shape index (κ3) is 5.59. The van der Waals surface area contributed by atoms with Gasteiger partial charge in [-0.1, -0.05) is 24.3 Å². The number of aryl methyl sites for hydroxylation is 2. The first-order valence-electron chi connectivity index (χ1n) is 13.0. The van der Waals surface area contributed by atoms with Gasteiger partial charge in [-0.25, -0.2) is 9.97 Å². The minimum Gasteiger partial charge on any atom is -0.311 e. The average molecular weight is 560 g/mol. The van der Waals surface area contributed by atoms with E-state index < -0.39 is 0 Å². The average Bonchev–Trinajstić information content (AvgIpc) is 3.65. The number of pyridine rings is 2. The number of rotatable bonds is 8. The lowest BCUT2D eigenvalue weighted by molar-refractivity contribution is 0.0990. The van der Waals surface area contributed by atoms with Gasteiger partial charge in [0.1, 0.15) is 10.7 Å². The van der Waals surface area contributed by atoms with Gasteiger partial charge < -0.3 is 9.47 Å². The van der Waals surface area contributed by atoms with Crippen LogP contribution in [0.15, 0.2) is 103 Å². The summed E-state index contributed by atoms with van der Waals surface area (Å²) in [5.41, 5.74) is 5.06. The molecule has 4 heterocycles. The Labute approximate surface area is 240 Å². The largest absolute Gasteiger partial charge is 0.311 e. The smallest absolute Gasteiger partial charge is 0.277 e. The standard InChI is InChI=1S/C31H25N7O2S/c1-37(30(40)23-7-3-2-4-8-23)24-9-10-27-25(18-24)35-31(38(27)17-13-21-6-5-14-33-19-21)36-28(39)26-20-41-29(34-26)22-11-15-32-16-12-22/h2-12,14-16,18-20H,13,17H2,1H3,(H,35,36,39). The van der Waals surface area contributed by atoms with Crippen LogP contribution in [-0.2, 0) is 13.0 Å². The van der Waals surface area contributed by atoms with Crippen LogP contribution in [0, 0.1) is 0 Å². The maximum atomic E-state index is 13.3. The number of carbonyl (C=O) groups is 2. The molecular formula is C31H25N7O2S. The number of imidazole rings is 1. The second-order valence-corrected chi connectivity index (χ2v) is 10.2. The number of aromatic nitrogens is 5. The molecule has 2 amide bonds. The molecule has 0 unspecified atom stereocenters. The summed E-state index contributed by atoms with van der Waals surface area (Å²) in [7, 11) is 1.74. The Morgan fingerprint density at radius 3 is 2.54 bits per heavy atom. The fraction of sp³-hybridized carbons (Fsp3) is 0.0968. The third-order valence-corrected chi connectivity index (χ3v) is 7.57. The van der Waals surface area contributed by atoms with Crippen LogP contribution in [-0.4, -0.2) is 43.4 Å². The maximum Gasteiger partial charge on any atom is 0.277 e. The van der Waals surface area contributed by atoms with E-state index in [1.165, 1.54) is 11.3 Å². The van der Waals surface area contributed by atoms with Gasteiger partial charge in [-0.3, -0.25) is 24.9 Å². The lowest BCUT2D eigenvalue weighted by atomic mass is 10.2. The van der Waals surface area contributed by atoms with E-state index in [9.17, 15) is 9.59 Å². The number of thiazole rings is 1. The van der Waals surface area contributed by atoms with Crippen molar-refractivity contribution >= 4 is 45.8 Å². The highest BCUT2D eigenvalue weighted by Gasteiger charge is 2.19. The summed E-state index contributed by atoms with van der Waals surface area (Å²) in [6.07, 6.45) is 7.65. The minimum absolute atomic E-state index is 0.122. The van der Waals surface area contributed by atoms with E-state index in [4.69, 9.17) is 4.98 Å². The maximum absolute atomic E-state index is 13.3. The Bertz CT molecular complexity index is 1820. The molecule has 0 bridgehead atoms. The normalized spacial score (nSPS) is 11.0. The molecule has 6 rings (SSSR count). The van der Waals surface area contributed by atoms with E-state index >= 15 is 0 Å². The molecule has 2 aromatic carbocycles. The predicted molar refractivity (Wildman–Crippen MR) is 160 cm³/mol. The highest BCUT2D eigenvalue weighted by molar-refractivity contribution is 7.13. The molecule has 6 aromatic rings. The van der Waals surface area contributed by atoms with Gasteiger partial charge in [0.05, 0.1) is 11.0 Å².